The van der Waals surface area contributed by atoms with Crippen LogP contribution in [0.4, 0.5) is 0 Å². The van der Waals surface area contributed by atoms with Crippen molar-refractivity contribution in [2.45, 2.75) is 6.04 Å². The van der Waals surface area contributed by atoms with Crippen molar-refractivity contribution in [3.05, 3.63) is 29.8 Å². The highest BCUT2D eigenvalue weighted by molar-refractivity contribution is 5.80. The molecule has 1 atom stereocenters. The van der Waals surface area contributed by atoms with Crippen LogP contribution in [0.5, 0.6) is 5.75 Å². The molecule has 1 aliphatic heterocycles. The van der Waals surface area contributed by atoms with Gasteiger partial charge in [-0.2, -0.15) is 0 Å². The normalized spacial score (nSPS) is 20.3. The van der Waals surface area contributed by atoms with E-state index in [-0.39, 0.29) is 6.04 Å². The predicted molar refractivity (Wildman–Crippen MR) is 60.0 cm³/mol. The van der Waals surface area contributed by atoms with E-state index >= 15 is 0 Å². The summed E-state index contributed by atoms with van der Waals surface area (Å²) in [5, 5.41) is 0. The van der Waals surface area contributed by atoms with Gasteiger partial charge in [0.2, 0.25) is 0 Å². The van der Waals surface area contributed by atoms with Crippen molar-refractivity contribution in [3.8, 4) is 5.75 Å². The minimum absolute atomic E-state index is 0.260. The van der Waals surface area contributed by atoms with Crippen LogP contribution in [0.2, 0.25) is 0 Å². The first-order valence-electron chi connectivity index (χ1n) is 4.89. The van der Waals surface area contributed by atoms with Gasteiger partial charge in [-0.1, -0.05) is 12.1 Å². The Morgan fingerprint density at radius 3 is 2.53 bits per heavy atom. The van der Waals surface area contributed by atoms with E-state index in [4.69, 9.17) is 10.5 Å². The van der Waals surface area contributed by atoms with E-state index in [9.17, 15) is 0 Å². The summed E-state index contributed by atoms with van der Waals surface area (Å²) in [7, 11) is 3.62. The third-order valence-electron chi connectivity index (χ3n) is 2.76. The first-order valence-corrected chi connectivity index (χ1v) is 4.89. The number of aliphatic imine (C=N–C) groups is 1. The lowest BCUT2D eigenvalue weighted by Gasteiger charge is -2.21. The summed E-state index contributed by atoms with van der Waals surface area (Å²) in [5.41, 5.74) is 6.92. The third kappa shape index (κ3) is 1.75. The van der Waals surface area contributed by atoms with E-state index in [0.717, 1.165) is 12.3 Å². The monoisotopic (exact) mass is 205 g/mol. The number of hydrogen-bond donors (Lipinski definition) is 1. The van der Waals surface area contributed by atoms with Gasteiger partial charge in [0.15, 0.2) is 5.96 Å². The summed E-state index contributed by atoms with van der Waals surface area (Å²) in [6.07, 6.45) is 0. The second-order valence-electron chi connectivity index (χ2n) is 3.60. The maximum atomic E-state index is 5.71. The second-order valence-corrected chi connectivity index (χ2v) is 3.60. The molecule has 0 spiro atoms. The SMILES string of the molecule is COc1ccc(C2CN=C(N)N2C)cc1. The summed E-state index contributed by atoms with van der Waals surface area (Å²) in [6.45, 7) is 0.731. The Morgan fingerprint density at radius 2 is 2.07 bits per heavy atom. The first kappa shape index (κ1) is 9.83. The van der Waals surface area contributed by atoms with Crippen LogP contribution in [0.3, 0.4) is 0 Å². The van der Waals surface area contributed by atoms with Crippen molar-refractivity contribution < 1.29 is 4.74 Å². The molecule has 0 fully saturated rings. The molecule has 80 valence electrons. The number of hydrogen-bond acceptors (Lipinski definition) is 4. The smallest absolute Gasteiger partial charge is 0.191 e. The highest BCUT2D eigenvalue weighted by Gasteiger charge is 2.23. The lowest BCUT2D eigenvalue weighted by Crippen LogP contribution is -2.32. The van der Waals surface area contributed by atoms with Gasteiger partial charge in [0, 0.05) is 7.05 Å². The van der Waals surface area contributed by atoms with E-state index in [2.05, 4.69) is 4.99 Å². The van der Waals surface area contributed by atoms with Crippen molar-refractivity contribution >= 4 is 5.96 Å². The zero-order valence-corrected chi connectivity index (χ0v) is 8.97. The maximum absolute atomic E-state index is 5.71. The van der Waals surface area contributed by atoms with Crippen molar-refractivity contribution in [1.29, 1.82) is 0 Å². The molecule has 1 aliphatic rings. The van der Waals surface area contributed by atoms with Crippen LogP contribution in [0.1, 0.15) is 11.6 Å². The predicted octanol–water partition coefficient (Wildman–Crippen LogP) is 0.996. The fraction of sp³-hybridized carbons (Fsp3) is 0.364. The standard InChI is InChI=1S/C11H15N3O/c1-14-10(7-13-11(14)12)8-3-5-9(15-2)6-4-8/h3-6,10H,7H2,1-2H3,(H2,12,13). The van der Waals surface area contributed by atoms with Gasteiger partial charge in [0.05, 0.1) is 19.7 Å². The van der Waals surface area contributed by atoms with Crippen molar-refractivity contribution in [1.82, 2.24) is 4.90 Å². The fourth-order valence-electron chi connectivity index (χ4n) is 1.73. The number of methoxy groups -OCH3 is 1. The molecule has 15 heavy (non-hydrogen) atoms. The Bertz CT molecular complexity index is 372. The highest BCUT2D eigenvalue weighted by atomic mass is 16.5. The molecule has 4 nitrogen and oxygen atoms in total. The molecule has 2 rings (SSSR count). The van der Waals surface area contributed by atoms with Gasteiger partial charge >= 0.3 is 0 Å². The van der Waals surface area contributed by atoms with Gasteiger partial charge < -0.3 is 15.4 Å². The number of ether oxygens (including phenoxy) is 1. The summed E-state index contributed by atoms with van der Waals surface area (Å²) in [4.78, 5) is 6.19. The minimum atomic E-state index is 0.260. The molecule has 0 saturated heterocycles. The van der Waals surface area contributed by atoms with Crippen LogP contribution in [0, 0.1) is 0 Å². The molecular formula is C11H15N3O. The quantitative estimate of drug-likeness (QED) is 0.783. The molecule has 2 N–H and O–H groups in total. The van der Waals surface area contributed by atoms with Crippen LogP contribution < -0.4 is 10.5 Å². The van der Waals surface area contributed by atoms with E-state index in [1.165, 1.54) is 5.56 Å². The lowest BCUT2D eigenvalue weighted by atomic mass is 10.1. The van der Waals surface area contributed by atoms with E-state index < -0.39 is 0 Å². The molecule has 0 aliphatic carbocycles. The number of nitrogens with two attached hydrogens (primary N) is 1. The van der Waals surface area contributed by atoms with E-state index in [1.54, 1.807) is 7.11 Å². The minimum Gasteiger partial charge on any atom is -0.497 e. The summed E-state index contributed by atoms with van der Waals surface area (Å²) in [5.74, 6) is 1.48. The molecule has 1 unspecified atom stereocenters. The van der Waals surface area contributed by atoms with Gasteiger partial charge in [-0.25, -0.2) is 0 Å². The Hall–Kier alpha value is -1.71. The molecule has 1 heterocycles. The molecule has 1 aromatic rings. The molecule has 1 aromatic carbocycles. The summed E-state index contributed by atoms with van der Waals surface area (Å²) < 4.78 is 5.11. The van der Waals surface area contributed by atoms with Crippen molar-refractivity contribution in [3.63, 3.8) is 0 Å². The van der Waals surface area contributed by atoms with Gasteiger partial charge in [-0.3, -0.25) is 4.99 Å². The zero-order valence-electron chi connectivity index (χ0n) is 8.97. The highest BCUT2D eigenvalue weighted by Crippen LogP contribution is 2.25. The molecule has 0 amide bonds. The molecular weight excluding hydrogens is 190 g/mol. The molecule has 0 aromatic heterocycles. The molecule has 0 saturated carbocycles. The van der Waals surface area contributed by atoms with Gasteiger partial charge in [0.25, 0.3) is 0 Å². The Kier molecular flexibility index (Phi) is 2.49. The number of likely N-dealkylation sites (N-methyl/N-ethyl adjacent to an activating group) is 1. The lowest BCUT2D eigenvalue weighted by molar-refractivity contribution is 0.406. The van der Waals surface area contributed by atoms with Crippen LogP contribution in [0.25, 0.3) is 0 Å². The van der Waals surface area contributed by atoms with E-state index in [0.29, 0.717) is 5.96 Å². The number of rotatable bonds is 2. The van der Waals surface area contributed by atoms with Crippen LogP contribution in [-0.2, 0) is 0 Å². The Morgan fingerprint density at radius 1 is 1.40 bits per heavy atom. The largest absolute Gasteiger partial charge is 0.497 e. The zero-order chi connectivity index (χ0) is 10.8. The topological polar surface area (TPSA) is 50.9 Å². The average Bonchev–Trinajstić information content (AvgIpc) is 2.60. The van der Waals surface area contributed by atoms with Crippen LogP contribution >= 0.6 is 0 Å². The van der Waals surface area contributed by atoms with Crippen LogP contribution in [0.15, 0.2) is 29.3 Å². The van der Waals surface area contributed by atoms with Gasteiger partial charge in [-0.15, -0.1) is 0 Å². The average molecular weight is 205 g/mol. The number of benzene rings is 1. The van der Waals surface area contributed by atoms with E-state index in [1.807, 2.05) is 36.2 Å². The summed E-state index contributed by atoms with van der Waals surface area (Å²) >= 11 is 0. The summed E-state index contributed by atoms with van der Waals surface area (Å²) in [6, 6.07) is 8.27. The fourth-order valence-corrected chi connectivity index (χ4v) is 1.73. The second kappa shape index (κ2) is 3.81. The molecule has 0 radical (unpaired) electrons. The van der Waals surface area contributed by atoms with Crippen molar-refractivity contribution in [2.24, 2.45) is 10.7 Å². The molecule has 4 heteroatoms. The number of guanidine groups is 1. The first-order chi connectivity index (χ1) is 7.22. The van der Waals surface area contributed by atoms with Crippen LogP contribution in [-0.4, -0.2) is 31.6 Å². The van der Waals surface area contributed by atoms with Gasteiger partial charge in [0.1, 0.15) is 5.75 Å². The Labute approximate surface area is 89.4 Å². The maximum Gasteiger partial charge on any atom is 0.191 e. The van der Waals surface area contributed by atoms with Crippen molar-refractivity contribution in [2.75, 3.05) is 20.7 Å². The van der Waals surface area contributed by atoms with Gasteiger partial charge in [-0.05, 0) is 17.7 Å². The third-order valence-corrected chi connectivity index (χ3v) is 2.76. The number of nitrogens with zero attached hydrogens (tertiary/aromatic N) is 2. The Balaban J connectivity index is 2.17. The molecule has 0 bridgehead atoms.